The highest BCUT2D eigenvalue weighted by molar-refractivity contribution is 14.1. The van der Waals surface area contributed by atoms with Gasteiger partial charge in [0.1, 0.15) is 5.58 Å². The van der Waals surface area contributed by atoms with Crippen LogP contribution in [0.2, 0.25) is 0 Å². The van der Waals surface area contributed by atoms with Gasteiger partial charge in [-0.25, -0.2) is 0 Å². The zero-order chi connectivity index (χ0) is 19.1. The topological polar surface area (TPSA) is 16.4 Å². The van der Waals surface area contributed by atoms with E-state index in [2.05, 4.69) is 93.6 Å². The third-order valence-electron chi connectivity index (χ3n) is 6.12. The summed E-state index contributed by atoms with van der Waals surface area (Å²) in [5.74, 6) is 0.633. The van der Waals surface area contributed by atoms with Gasteiger partial charge in [0.15, 0.2) is 5.58 Å². The van der Waals surface area contributed by atoms with Crippen molar-refractivity contribution in [1.29, 1.82) is 0 Å². The first kappa shape index (κ1) is 18.0. The lowest BCUT2D eigenvalue weighted by atomic mass is 9.83. The molecule has 0 aliphatic heterocycles. The zero-order valence-corrected chi connectivity index (χ0v) is 18.3. The Morgan fingerprint density at radius 1 is 0.786 bits per heavy atom. The van der Waals surface area contributed by atoms with Crippen molar-refractivity contribution in [3.05, 3.63) is 71.8 Å². The number of benzene rings is 3. The number of hydrogen-bond donors (Lipinski definition) is 0. The maximum absolute atomic E-state index is 6.60. The van der Waals surface area contributed by atoms with Crippen LogP contribution in [0.3, 0.4) is 0 Å². The van der Waals surface area contributed by atoms with Crippen LogP contribution in [0.5, 0.6) is 0 Å². The molecule has 142 valence electrons. The molecule has 3 heteroatoms. The molecular formula is C25H24INO. The van der Waals surface area contributed by atoms with E-state index in [9.17, 15) is 0 Å². The highest BCUT2D eigenvalue weighted by Gasteiger charge is 2.22. The van der Waals surface area contributed by atoms with Crippen molar-refractivity contribution < 1.29 is 4.42 Å². The fourth-order valence-corrected chi connectivity index (χ4v) is 5.55. The van der Waals surface area contributed by atoms with E-state index < -0.39 is 0 Å². The van der Waals surface area contributed by atoms with Crippen LogP contribution in [0, 0.1) is 6.92 Å². The number of anilines is 2. The number of furan rings is 1. The highest BCUT2D eigenvalue weighted by Crippen LogP contribution is 2.43. The van der Waals surface area contributed by atoms with Crippen molar-refractivity contribution in [2.75, 3.05) is 3.11 Å². The van der Waals surface area contributed by atoms with Gasteiger partial charge in [0.25, 0.3) is 0 Å². The Labute approximate surface area is 180 Å². The normalized spacial score (nSPS) is 15.4. The molecule has 0 atom stereocenters. The monoisotopic (exact) mass is 481 g/mol. The van der Waals surface area contributed by atoms with Gasteiger partial charge in [-0.15, -0.1) is 0 Å². The van der Waals surface area contributed by atoms with E-state index in [4.69, 9.17) is 4.42 Å². The molecule has 0 N–H and O–H groups in total. The van der Waals surface area contributed by atoms with Crippen LogP contribution >= 0.6 is 22.9 Å². The minimum atomic E-state index is 0.633. The smallest absolute Gasteiger partial charge is 0.159 e. The second-order valence-corrected chi connectivity index (χ2v) is 8.85. The first-order valence-corrected chi connectivity index (χ1v) is 11.2. The number of rotatable bonds is 3. The van der Waals surface area contributed by atoms with Gasteiger partial charge in [-0.2, -0.15) is 0 Å². The molecule has 0 radical (unpaired) electrons. The fourth-order valence-electron chi connectivity index (χ4n) is 4.63. The molecule has 1 saturated carbocycles. The van der Waals surface area contributed by atoms with Gasteiger partial charge in [0.2, 0.25) is 0 Å². The molecule has 1 fully saturated rings. The molecule has 1 aliphatic rings. The van der Waals surface area contributed by atoms with E-state index in [-0.39, 0.29) is 0 Å². The molecule has 1 aromatic heterocycles. The van der Waals surface area contributed by atoms with Crippen LogP contribution < -0.4 is 3.11 Å². The van der Waals surface area contributed by atoms with Crippen LogP contribution in [-0.4, -0.2) is 0 Å². The minimum Gasteiger partial charge on any atom is -0.454 e. The maximum atomic E-state index is 6.60. The number of para-hydroxylation sites is 3. The Morgan fingerprint density at radius 3 is 2.25 bits per heavy atom. The van der Waals surface area contributed by atoms with Crippen molar-refractivity contribution >= 4 is 56.2 Å². The molecule has 0 bridgehead atoms. The van der Waals surface area contributed by atoms with Gasteiger partial charge in [-0.05, 0) is 48.9 Å². The van der Waals surface area contributed by atoms with Gasteiger partial charge in [-0.3, -0.25) is 3.11 Å². The largest absolute Gasteiger partial charge is 0.454 e. The van der Waals surface area contributed by atoms with Crippen molar-refractivity contribution in [1.82, 2.24) is 0 Å². The SMILES string of the molecule is Cc1ccccc1N(I)c1cccc2c1oc1c(C3CCCCC3)cccc12. The van der Waals surface area contributed by atoms with Crippen molar-refractivity contribution in [2.45, 2.75) is 44.9 Å². The summed E-state index contributed by atoms with van der Waals surface area (Å²) in [6.45, 7) is 2.15. The van der Waals surface area contributed by atoms with Crippen LogP contribution in [0.15, 0.2) is 65.1 Å². The summed E-state index contributed by atoms with van der Waals surface area (Å²) in [5.41, 5.74) is 7.04. The summed E-state index contributed by atoms with van der Waals surface area (Å²) >= 11 is 2.40. The number of nitrogens with zero attached hydrogens (tertiary/aromatic N) is 1. The maximum Gasteiger partial charge on any atom is 0.159 e. The lowest BCUT2D eigenvalue weighted by Crippen LogP contribution is -2.04. The third-order valence-corrected chi connectivity index (χ3v) is 7.16. The molecule has 4 aromatic rings. The van der Waals surface area contributed by atoms with E-state index in [0.29, 0.717) is 5.92 Å². The first-order chi connectivity index (χ1) is 13.7. The highest BCUT2D eigenvalue weighted by atomic mass is 127. The summed E-state index contributed by atoms with van der Waals surface area (Å²) < 4.78 is 8.82. The molecule has 28 heavy (non-hydrogen) atoms. The van der Waals surface area contributed by atoms with Gasteiger partial charge in [-0.1, -0.05) is 67.8 Å². The van der Waals surface area contributed by atoms with Crippen molar-refractivity contribution in [3.8, 4) is 0 Å². The predicted molar refractivity (Wildman–Crippen MR) is 127 cm³/mol. The second-order valence-electron chi connectivity index (χ2n) is 7.88. The summed E-state index contributed by atoms with van der Waals surface area (Å²) in [6, 6.07) is 21.7. The lowest BCUT2D eigenvalue weighted by molar-refractivity contribution is 0.442. The molecular weight excluding hydrogens is 457 g/mol. The quantitative estimate of drug-likeness (QED) is 0.216. The molecule has 1 heterocycles. The van der Waals surface area contributed by atoms with E-state index in [1.807, 2.05) is 0 Å². The van der Waals surface area contributed by atoms with Crippen LogP contribution in [0.1, 0.15) is 49.1 Å². The van der Waals surface area contributed by atoms with Gasteiger partial charge in [0, 0.05) is 10.8 Å². The van der Waals surface area contributed by atoms with Crippen LogP contribution in [-0.2, 0) is 0 Å². The Morgan fingerprint density at radius 2 is 1.46 bits per heavy atom. The molecule has 1 aliphatic carbocycles. The number of hydrogen-bond acceptors (Lipinski definition) is 2. The minimum absolute atomic E-state index is 0.633. The van der Waals surface area contributed by atoms with Crippen LogP contribution in [0.4, 0.5) is 11.4 Å². The average molecular weight is 481 g/mol. The van der Waals surface area contributed by atoms with Gasteiger partial charge < -0.3 is 4.42 Å². The Kier molecular flexibility index (Phi) is 4.79. The molecule has 0 amide bonds. The van der Waals surface area contributed by atoms with Gasteiger partial charge >= 0.3 is 0 Å². The molecule has 3 aromatic carbocycles. The molecule has 5 rings (SSSR count). The van der Waals surface area contributed by atoms with Crippen molar-refractivity contribution in [2.24, 2.45) is 0 Å². The number of fused-ring (bicyclic) bond motifs is 3. The summed E-state index contributed by atoms with van der Waals surface area (Å²) in [6.07, 6.45) is 6.61. The van der Waals surface area contributed by atoms with E-state index in [0.717, 1.165) is 16.9 Å². The third kappa shape index (κ3) is 3.00. The van der Waals surface area contributed by atoms with Gasteiger partial charge in [0.05, 0.1) is 34.2 Å². The van der Waals surface area contributed by atoms with Crippen molar-refractivity contribution in [3.63, 3.8) is 0 Å². The summed E-state index contributed by atoms with van der Waals surface area (Å²) in [4.78, 5) is 0. The Bertz CT molecular complexity index is 1140. The van der Waals surface area contributed by atoms with E-state index in [1.165, 1.54) is 59.7 Å². The first-order valence-electron chi connectivity index (χ1n) is 10.2. The zero-order valence-electron chi connectivity index (χ0n) is 16.1. The number of aryl methyl sites for hydroxylation is 1. The molecule has 0 saturated heterocycles. The summed E-state index contributed by atoms with van der Waals surface area (Å²) in [7, 11) is 0. The van der Waals surface area contributed by atoms with E-state index >= 15 is 0 Å². The standard InChI is InChI=1S/C25H24INO/c1-17-9-5-6-15-22(17)27(26)23-16-8-14-21-20-13-7-12-19(24(20)28-25(21)23)18-10-3-2-4-11-18/h5-9,12-16,18H,2-4,10-11H2,1H3. The molecule has 0 unspecified atom stereocenters. The fraction of sp³-hybridized carbons (Fsp3) is 0.280. The van der Waals surface area contributed by atoms with E-state index in [1.54, 1.807) is 0 Å². The average Bonchev–Trinajstić information content (AvgIpc) is 3.13. The Balaban J connectivity index is 1.69. The lowest BCUT2D eigenvalue weighted by Gasteiger charge is -2.21. The molecule has 0 spiro atoms. The number of halogens is 1. The Hall–Kier alpha value is -2.01. The van der Waals surface area contributed by atoms with Crippen LogP contribution in [0.25, 0.3) is 21.9 Å². The second kappa shape index (κ2) is 7.43. The summed E-state index contributed by atoms with van der Waals surface area (Å²) in [5, 5.41) is 2.45. The predicted octanol–water partition coefficient (Wildman–Crippen LogP) is 8.43. The molecule has 2 nitrogen and oxygen atoms in total.